The van der Waals surface area contributed by atoms with Gasteiger partial charge in [-0.3, -0.25) is 5.43 Å². The van der Waals surface area contributed by atoms with E-state index in [0.717, 1.165) is 6.26 Å². The van der Waals surface area contributed by atoms with Gasteiger partial charge in [-0.05, 0) is 32.0 Å². The van der Waals surface area contributed by atoms with Gasteiger partial charge in [0.2, 0.25) is 0 Å². The van der Waals surface area contributed by atoms with Crippen LogP contribution in [0.1, 0.15) is 13.8 Å². The summed E-state index contributed by atoms with van der Waals surface area (Å²) < 4.78 is 32.7. The third-order valence-corrected chi connectivity index (χ3v) is 3.08. The third-order valence-electron chi connectivity index (χ3n) is 2.10. The Morgan fingerprint density at radius 2 is 2.10 bits per heavy atom. The van der Waals surface area contributed by atoms with Gasteiger partial charge in [-0.1, -0.05) is 15.9 Å². The fourth-order valence-electron chi connectivity index (χ4n) is 1.25. The molecule has 21 heavy (non-hydrogen) atoms. The van der Waals surface area contributed by atoms with E-state index in [1.165, 1.54) is 13.0 Å². The van der Waals surface area contributed by atoms with Crippen molar-refractivity contribution in [3.63, 3.8) is 0 Å². The van der Waals surface area contributed by atoms with Gasteiger partial charge in [-0.15, -0.1) is 0 Å². The van der Waals surface area contributed by atoms with E-state index in [-0.39, 0.29) is 18.1 Å². The van der Waals surface area contributed by atoms with E-state index < -0.39 is 16.1 Å². The molecule has 0 bridgehead atoms. The van der Waals surface area contributed by atoms with E-state index in [4.69, 9.17) is 8.92 Å². The van der Waals surface area contributed by atoms with Crippen LogP contribution in [0.5, 0.6) is 5.75 Å². The molecular weight excluding hydrogens is 364 g/mol. The van der Waals surface area contributed by atoms with Gasteiger partial charge in [-0.2, -0.15) is 13.5 Å². The highest BCUT2D eigenvalue weighted by atomic mass is 79.9. The monoisotopic (exact) mass is 378 g/mol. The molecule has 0 fully saturated rings. The fraction of sp³-hybridized carbons (Fsp3) is 0.333. The number of hydrogen-bond donors (Lipinski definition) is 1. The minimum absolute atomic E-state index is 0.0623. The van der Waals surface area contributed by atoms with Crippen LogP contribution in [-0.4, -0.2) is 33.0 Å². The van der Waals surface area contributed by atoms with Gasteiger partial charge in [0.05, 0.1) is 18.6 Å². The van der Waals surface area contributed by atoms with Crippen LogP contribution in [0.2, 0.25) is 0 Å². The summed E-state index contributed by atoms with van der Waals surface area (Å²) in [6.07, 6.45) is 0.935. The number of hydrogen-bond acceptors (Lipinski definition) is 7. The van der Waals surface area contributed by atoms with Crippen molar-refractivity contribution in [3.05, 3.63) is 22.7 Å². The first-order chi connectivity index (χ1) is 9.73. The van der Waals surface area contributed by atoms with Gasteiger partial charge in [0.1, 0.15) is 5.71 Å². The van der Waals surface area contributed by atoms with Crippen molar-refractivity contribution in [2.75, 3.05) is 18.3 Å². The summed E-state index contributed by atoms with van der Waals surface area (Å²) in [5.41, 5.74) is 2.98. The van der Waals surface area contributed by atoms with E-state index in [1.807, 2.05) is 0 Å². The fourth-order valence-corrected chi connectivity index (χ4v) is 2.05. The predicted molar refractivity (Wildman–Crippen MR) is 83.0 cm³/mol. The standard InChI is InChI=1S/C12H15BrN2O5S/c1-4-19-12(16)8(2)14-15-10-6-5-9(13)7-11(10)20-21(3,17)18/h5-7,15H,4H2,1-3H3/b14-8+. The molecule has 0 aliphatic carbocycles. The number of carbonyl (C=O) groups is 1. The van der Waals surface area contributed by atoms with Crippen LogP contribution in [0, 0.1) is 0 Å². The summed E-state index contributed by atoms with van der Waals surface area (Å²) in [6, 6.07) is 4.71. The predicted octanol–water partition coefficient (Wildman–Crippen LogP) is 2.14. The number of carbonyl (C=O) groups excluding carboxylic acids is 1. The van der Waals surface area contributed by atoms with E-state index in [2.05, 4.69) is 26.5 Å². The van der Waals surface area contributed by atoms with Crippen molar-refractivity contribution >= 4 is 43.4 Å². The molecule has 0 radical (unpaired) electrons. The Kier molecular flexibility index (Phi) is 6.16. The lowest BCUT2D eigenvalue weighted by Crippen LogP contribution is -2.15. The maximum Gasteiger partial charge on any atom is 0.354 e. The molecule has 1 N–H and O–H groups in total. The van der Waals surface area contributed by atoms with Crippen molar-refractivity contribution in [1.29, 1.82) is 0 Å². The SMILES string of the molecule is CCOC(=O)/C(C)=N/Nc1ccc(Br)cc1OS(C)(=O)=O. The number of nitrogens with one attached hydrogen (secondary N) is 1. The van der Waals surface area contributed by atoms with E-state index in [1.54, 1.807) is 19.1 Å². The number of hydrazone groups is 1. The molecule has 0 saturated carbocycles. The number of halogens is 1. The van der Waals surface area contributed by atoms with Gasteiger partial charge in [0.25, 0.3) is 0 Å². The molecule has 1 rings (SSSR count). The van der Waals surface area contributed by atoms with Crippen LogP contribution in [-0.2, 0) is 19.6 Å². The third kappa shape index (κ3) is 6.13. The Bertz CT molecular complexity index is 658. The smallest absolute Gasteiger partial charge is 0.354 e. The maximum atomic E-state index is 11.4. The van der Waals surface area contributed by atoms with Gasteiger partial charge < -0.3 is 8.92 Å². The largest absolute Gasteiger partial charge is 0.461 e. The zero-order valence-corrected chi connectivity index (χ0v) is 14.1. The summed E-state index contributed by atoms with van der Waals surface area (Å²) >= 11 is 3.22. The highest BCUT2D eigenvalue weighted by molar-refractivity contribution is 9.10. The number of esters is 1. The molecule has 1 aromatic carbocycles. The number of nitrogens with zero attached hydrogens (tertiary/aromatic N) is 1. The van der Waals surface area contributed by atoms with E-state index in [0.29, 0.717) is 10.2 Å². The lowest BCUT2D eigenvalue weighted by molar-refractivity contribution is -0.135. The zero-order valence-electron chi connectivity index (χ0n) is 11.7. The lowest BCUT2D eigenvalue weighted by atomic mass is 10.3. The van der Waals surface area contributed by atoms with Crippen molar-refractivity contribution < 1.29 is 22.1 Å². The van der Waals surface area contributed by atoms with Crippen LogP contribution in [0.25, 0.3) is 0 Å². The van der Waals surface area contributed by atoms with Gasteiger partial charge >= 0.3 is 16.1 Å². The molecule has 0 amide bonds. The molecule has 116 valence electrons. The summed E-state index contributed by atoms with van der Waals surface area (Å²) in [7, 11) is -3.68. The molecule has 1 aromatic rings. The average Bonchev–Trinajstić information content (AvgIpc) is 2.35. The summed E-state index contributed by atoms with van der Waals surface area (Å²) in [5, 5.41) is 3.84. The number of ether oxygens (including phenoxy) is 1. The van der Waals surface area contributed by atoms with Crippen LogP contribution in [0.15, 0.2) is 27.8 Å². The lowest BCUT2D eigenvalue weighted by Gasteiger charge is -2.10. The second-order valence-electron chi connectivity index (χ2n) is 3.96. The number of rotatable bonds is 6. The summed E-state index contributed by atoms with van der Waals surface area (Å²) in [5.74, 6) is -0.500. The van der Waals surface area contributed by atoms with Crippen molar-refractivity contribution in [2.45, 2.75) is 13.8 Å². The second kappa shape index (κ2) is 7.41. The molecule has 9 heteroatoms. The molecule has 0 aliphatic heterocycles. The van der Waals surface area contributed by atoms with Crippen molar-refractivity contribution in [1.82, 2.24) is 0 Å². The van der Waals surface area contributed by atoms with Crippen LogP contribution in [0.4, 0.5) is 5.69 Å². The highest BCUT2D eigenvalue weighted by Crippen LogP contribution is 2.29. The minimum atomic E-state index is -3.68. The van der Waals surface area contributed by atoms with Crippen molar-refractivity contribution in [3.8, 4) is 5.75 Å². The average molecular weight is 379 g/mol. The highest BCUT2D eigenvalue weighted by Gasteiger charge is 2.12. The quantitative estimate of drug-likeness (QED) is 0.352. The van der Waals surface area contributed by atoms with Crippen LogP contribution < -0.4 is 9.61 Å². The Labute approximate surface area is 131 Å². The van der Waals surface area contributed by atoms with Crippen LogP contribution >= 0.6 is 15.9 Å². The molecule has 0 aromatic heterocycles. The Morgan fingerprint density at radius 3 is 2.67 bits per heavy atom. The first-order valence-corrected chi connectivity index (χ1v) is 8.50. The molecule has 7 nitrogen and oxygen atoms in total. The Morgan fingerprint density at radius 1 is 1.43 bits per heavy atom. The molecule has 0 heterocycles. The minimum Gasteiger partial charge on any atom is -0.461 e. The normalized spacial score (nSPS) is 11.9. The van der Waals surface area contributed by atoms with E-state index >= 15 is 0 Å². The maximum absolute atomic E-state index is 11.4. The molecule has 0 atom stereocenters. The Balaban J connectivity index is 2.98. The summed E-state index contributed by atoms with van der Waals surface area (Å²) in [4.78, 5) is 11.4. The van der Waals surface area contributed by atoms with Crippen LogP contribution in [0.3, 0.4) is 0 Å². The number of anilines is 1. The molecule has 0 spiro atoms. The number of benzene rings is 1. The topological polar surface area (TPSA) is 94.1 Å². The molecular formula is C12H15BrN2O5S. The zero-order chi connectivity index (χ0) is 16.0. The second-order valence-corrected chi connectivity index (χ2v) is 6.45. The Hall–Kier alpha value is -1.61. The molecule has 0 aliphatic rings. The van der Waals surface area contributed by atoms with E-state index in [9.17, 15) is 13.2 Å². The van der Waals surface area contributed by atoms with Gasteiger partial charge in [0, 0.05) is 4.47 Å². The first-order valence-electron chi connectivity index (χ1n) is 5.89. The van der Waals surface area contributed by atoms with Gasteiger partial charge in [-0.25, -0.2) is 4.79 Å². The molecule has 0 unspecified atom stereocenters. The van der Waals surface area contributed by atoms with Gasteiger partial charge in [0.15, 0.2) is 5.75 Å². The first kappa shape index (κ1) is 17.4. The molecule has 0 saturated heterocycles. The van der Waals surface area contributed by atoms with Crippen molar-refractivity contribution in [2.24, 2.45) is 5.10 Å². The summed E-state index contributed by atoms with van der Waals surface area (Å²) in [6.45, 7) is 3.40.